The summed E-state index contributed by atoms with van der Waals surface area (Å²) < 4.78 is 0. The van der Waals surface area contributed by atoms with E-state index in [9.17, 15) is 9.59 Å². The molecule has 0 aliphatic carbocycles. The molecule has 5 nitrogen and oxygen atoms in total. The number of nitrogens with one attached hydrogen (secondary N) is 2. The summed E-state index contributed by atoms with van der Waals surface area (Å²) in [6.07, 6.45) is 2.44. The summed E-state index contributed by atoms with van der Waals surface area (Å²) in [5.41, 5.74) is 4.56. The SMILES string of the molecule is C=C(Nc1ccc(C=O)cc1C)c1ccc(C(=O)Nc2ccccn2)cc1. The van der Waals surface area contributed by atoms with Crippen LogP contribution in [0.4, 0.5) is 11.5 Å². The van der Waals surface area contributed by atoms with Gasteiger partial charge in [0.25, 0.3) is 5.91 Å². The molecule has 0 atom stereocenters. The van der Waals surface area contributed by atoms with Crippen molar-refractivity contribution in [3.63, 3.8) is 0 Å². The highest BCUT2D eigenvalue weighted by atomic mass is 16.1. The molecule has 0 bridgehead atoms. The number of aromatic nitrogens is 1. The first-order valence-corrected chi connectivity index (χ1v) is 8.41. The summed E-state index contributed by atoms with van der Waals surface area (Å²) in [6.45, 7) is 5.98. The van der Waals surface area contributed by atoms with Crippen LogP contribution in [0, 0.1) is 6.92 Å². The predicted molar refractivity (Wildman–Crippen MR) is 108 cm³/mol. The molecule has 0 fully saturated rings. The van der Waals surface area contributed by atoms with Crippen LogP contribution in [0.2, 0.25) is 0 Å². The fourth-order valence-electron chi connectivity index (χ4n) is 2.58. The second-order valence-corrected chi connectivity index (χ2v) is 6.04. The molecule has 1 aromatic heterocycles. The van der Waals surface area contributed by atoms with Gasteiger partial charge >= 0.3 is 0 Å². The van der Waals surface area contributed by atoms with E-state index in [1.807, 2.05) is 37.3 Å². The number of carbonyl (C=O) groups is 2. The molecule has 0 unspecified atom stereocenters. The molecule has 0 spiro atoms. The first kappa shape index (κ1) is 18.1. The Hall–Kier alpha value is -3.73. The van der Waals surface area contributed by atoms with E-state index in [1.165, 1.54) is 0 Å². The van der Waals surface area contributed by atoms with E-state index in [1.54, 1.807) is 36.5 Å². The number of aryl methyl sites for hydroxylation is 1. The molecule has 1 heterocycles. The predicted octanol–water partition coefficient (Wildman–Crippen LogP) is 4.54. The smallest absolute Gasteiger partial charge is 0.256 e. The number of pyridine rings is 1. The second-order valence-electron chi connectivity index (χ2n) is 6.04. The molecule has 2 aromatic carbocycles. The third-order valence-electron chi connectivity index (χ3n) is 4.07. The fraction of sp³-hybridized carbons (Fsp3) is 0.0455. The lowest BCUT2D eigenvalue weighted by Gasteiger charge is -2.13. The Bertz CT molecular complexity index is 980. The summed E-state index contributed by atoms with van der Waals surface area (Å²) in [4.78, 5) is 27.2. The van der Waals surface area contributed by atoms with Crippen molar-refractivity contribution in [2.75, 3.05) is 10.6 Å². The van der Waals surface area contributed by atoms with Crippen LogP contribution in [0.3, 0.4) is 0 Å². The van der Waals surface area contributed by atoms with Gasteiger partial charge in [0.2, 0.25) is 0 Å². The summed E-state index contributed by atoms with van der Waals surface area (Å²) in [7, 11) is 0. The second kappa shape index (κ2) is 8.10. The minimum absolute atomic E-state index is 0.223. The number of rotatable bonds is 6. The van der Waals surface area contributed by atoms with Gasteiger partial charge in [0.1, 0.15) is 12.1 Å². The largest absolute Gasteiger partial charge is 0.355 e. The van der Waals surface area contributed by atoms with Crippen molar-refractivity contribution in [3.05, 3.63) is 95.7 Å². The molecule has 0 aliphatic heterocycles. The molecule has 0 radical (unpaired) electrons. The quantitative estimate of drug-likeness (QED) is 0.636. The Morgan fingerprint density at radius 1 is 1.00 bits per heavy atom. The maximum atomic E-state index is 12.3. The Morgan fingerprint density at radius 2 is 1.74 bits per heavy atom. The Labute approximate surface area is 157 Å². The first-order valence-electron chi connectivity index (χ1n) is 8.41. The van der Waals surface area contributed by atoms with E-state index < -0.39 is 0 Å². The maximum absolute atomic E-state index is 12.3. The van der Waals surface area contributed by atoms with Gasteiger partial charge in [-0.05, 0) is 60.5 Å². The van der Waals surface area contributed by atoms with Gasteiger partial charge in [-0.25, -0.2) is 4.98 Å². The Morgan fingerprint density at radius 3 is 2.37 bits per heavy atom. The number of amides is 1. The maximum Gasteiger partial charge on any atom is 0.256 e. The van der Waals surface area contributed by atoms with Gasteiger partial charge in [-0.15, -0.1) is 0 Å². The van der Waals surface area contributed by atoms with Crippen LogP contribution in [0.15, 0.2) is 73.4 Å². The molecule has 0 aliphatic rings. The van der Waals surface area contributed by atoms with Gasteiger partial charge in [0, 0.05) is 28.7 Å². The zero-order valence-electron chi connectivity index (χ0n) is 14.9. The van der Waals surface area contributed by atoms with Gasteiger partial charge in [-0.1, -0.05) is 24.8 Å². The van der Waals surface area contributed by atoms with E-state index in [0.29, 0.717) is 22.6 Å². The van der Waals surface area contributed by atoms with Crippen molar-refractivity contribution in [3.8, 4) is 0 Å². The molecule has 134 valence electrons. The van der Waals surface area contributed by atoms with Gasteiger partial charge in [0.15, 0.2) is 0 Å². The number of benzene rings is 2. The minimum atomic E-state index is -0.223. The number of aldehydes is 1. The number of anilines is 2. The van der Waals surface area contributed by atoms with Crippen molar-refractivity contribution >= 4 is 29.4 Å². The highest BCUT2D eigenvalue weighted by molar-refractivity contribution is 6.03. The molecular formula is C22H19N3O2. The van der Waals surface area contributed by atoms with Crippen LogP contribution >= 0.6 is 0 Å². The molecule has 27 heavy (non-hydrogen) atoms. The van der Waals surface area contributed by atoms with Gasteiger partial charge < -0.3 is 10.6 Å². The fourth-order valence-corrected chi connectivity index (χ4v) is 2.58. The van der Waals surface area contributed by atoms with E-state index >= 15 is 0 Å². The monoisotopic (exact) mass is 357 g/mol. The standard InChI is InChI=1S/C22H19N3O2/c1-15-13-17(14-26)6-11-20(15)24-16(2)18-7-9-19(10-8-18)22(27)25-21-5-3-4-12-23-21/h3-14,24H,2H2,1H3,(H,23,25,27). The molecule has 0 saturated heterocycles. The van der Waals surface area contributed by atoms with Crippen LogP contribution in [0.1, 0.15) is 31.8 Å². The van der Waals surface area contributed by atoms with Gasteiger partial charge in [-0.3, -0.25) is 9.59 Å². The lowest BCUT2D eigenvalue weighted by molar-refractivity contribution is 0.102. The van der Waals surface area contributed by atoms with Crippen molar-refractivity contribution in [2.45, 2.75) is 6.92 Å². The number of hydrogen-bond acceptors (Lipinski definition) is 4. The minimum Gasteiger partial charge on any atom is -0.355 e. The van der Waals surface area contributed by atoms with Crippen molar-refractivity contribution < 1.29 is 9.59 Å². The van der Waals surface area contributed by atoms with Crippen LogP contribution in [0.5, 0.6) is 0 Å². The Kier molecular flexibility index (Phi) is 5.42. The van der Waals surface area contributed by atoms with E-state index in [-0.39, 0.29) is 5.91 Å². The summed E-state index contributed by atoms with van der Waals surface area (Å²) >= 11 is 0. The summed E-state index contributed by atoms with van der Waals surface area (Å²) in [6, 6.07) is 17.9. The Balaban J connectivity index is 1.68. The van der Waals surface area contributed by atoms with Crippen LogP contribution in [-0.2, 0) is 0 Å². The molecular weight excluding hydrogens is 338 g/mol. The highest BCUT2D eigenvalue weighted by Gasteiger charge is 2.08. The zero-order chi connectivity index (χ0) is 19.2. The number of carbonyl (C=O) groups excluding carboxylic acids is 2. The van der Waals surface area contributed by atoms with Crippen LogP contribution < -0.4 is 10.6 Å². The third kappa shape index (κ3) is 4.46. The molecule has 1 amide bonds. The summed E-state index contributed by atoms with van der Waals surface area (Å²) in [5.74, 6) is 0.283. The third-order valence-corrected chi connectivity index (χ3v) is 4.07. The molecule has 2 N–H and O–H groups in total. The first-order chi connectivity index (χ1) is 13.1. The van der Waals surface area contributed by atoms with Crippen LogP contribution in [0.25, 0.3) is 5.70 Å². The number of hydrogen-bond donors (Lipinski definition) is 2. The van der Waals surface area contributed by atoms with Crippen molar-refractivity contribution in [1.82, 2.24) is 4.98 Å². The van der Waals surface area contributed by atoms with Crippen molar-refractivity contribution in [2.24, 2.45) is 0 Å². The van der Waals surface area contributed by atoms with Crippen LogP contribution in [-0.4, -0.2) is 17.2 Å². The normalized spacial score (nSPS) is 10.1. The highest BCUT2D eigenvalue weighted by Crippen LogP contribution is 2.22. The molecule has 5 heteroatoms. The van der Waals surface area contributed by atoms with Gasteiger partial charge in [0.05, 0.1) is 0 Å². The molecule has 3 aromatic rings. The van der Waals surface area contributed by atoms with E-state index in [2.05, 4.69) is 22.2 Å². The molecule has 0 saturated carbocycles. The lowest BCUT2D eigenvalue weighted by atomic mass is 10.1. The number of nitrogens with zero attached hydrogens (tertiary/aromatic N) is 1. The van der Waals surface area contributed by atoms with E-state index in [0.717, 1.165) is 23.1 Å². The zero-order valence-corrected chi connectivity index (χ0v) is 14.9. The molecule has 3 rings (SSSR count). The average Bonchev–Trinajstić information content (AvgIpc) is 2.70. The van der Waals surface area contributed by atoms with E-state index in [4.69, 9.17) is 0 Å². The topological polar surface area (TPSA) is 71.1 Å². The summed E-state index contributed by atoms with van der Waals surface area (Å²) in [5, 5.41) is 5.99. The lowest BCUT2D eigenvalue weighted by Crippen LogP contribution is -2.12. The van der Waals surface area contributed by atoms with Gasteiger partial charge in [-0.2, -0.15) is 0 Å². The average molecular weight is 357 g/mol. The van der Waals surface area contributed by atoms with Crippen molar-refractivity contribution in [1.29, 1.82) is 0 Å².